The lowest BCUT2D eigenvalue weighted by Gasteiger charge is -2.00. The number of carbonyl (C=O) groups excluding carboxylic acids is 2. The average Bonchev–Trinajstić information content (AvgIpc) is 3.30. The minimum Gasteiger partial charge on any atom is -0.466 e. The van der Waals surface area contributed by atoms with E-state index in [1.165, 1.54) is 23.1 Å². The number of esters is 1. The Labute approximate surface area is 164 Å². The molecule has 0 saturated carbocycles. The summed E-state index contributed by atoms with van der Waals surface area (Å²) in [6.07, 6.45) is 1.85. The molecule has 0 fully saturated rings. The van der Waals surface area contributed by atoms with Crippen LogP contribution in [0.1, 0.15) is 12.6 Å². The molecule has 7 nitrogen and oxygen atoms in total. The summed E-state index contributed by atoms with van der Waals surface area (Å²) in [5.74, 6) is -0.313. The summed E-state index contributed by atoms with van der Waals surface area (Å²) in [6, 6.07) is 9.86. The molecule has 0 unspecified atom stereocenters. The first-order valence-corrected chi connectivity index (χ1v) is 10.1. The summed E-state index contributed by atoms with van der Waals surface area (Å²) in [7, 11) is 0. The number of ether oxygens (including phenoxy) is 1. The van der Waals surface area contributed by atoms with Gasteiger partial charge in [-0.25, -0.2) is 9.97 Å². The molecule has 3 aromatic rings. The lowest BCUT2D eigenvalue weighted by atomic mass is 10.2. The summed E-state index contributed by atoms with van der Waals surface area (Å²) in [5.41, 5.74) is 2.53. The molecule has 2 N–H and O–H groups in total. The Hall–Kier alpha value is -2.65. The third-order valence-corrected chi connectivity index (χ3v) is 5.10. The van der Waals surface area contributed by atoms with Gasteiger partial charge in [-0.2, -0.15) is 0 Å². The van der Waals surface area contributed by atoms with Crippen molar-refractivity contribution in [2.24, 2.45) is 0 Å². The number of hydrogen-bond acceptors (Lipinski definition) is 7. The SMILES string of the molecule is CCOC(=O)Cc1csc(NC(=O)CSc2ncc(-c3ccccc3)[nH]2)n1. The van der Waals surface area contributed by atoms with E-state index in [9.17, 15) is 9.59 Å². The number of nitrogens with one attached hydrogen (secondary N) is 2. The van der Waals surface area contributed by atoms with Crippen LogP contribution in [0.3, 0.4) is 0 Å². The highest BCUT2D eigenvalue weighted by Gasteiger charge is 2.12. The zero-order valence-electron chi connectivity index (χ0n) is 14.6. The molecule has 0 saturated heterocycles. The summed E-state index contributed by atoms with van der Waals surface area (Å²) in [4.78, 5) is 35.3. The fourth-order valence-electron chi connectivity index (χ4n) is 2.24. The molecule has 1 amide bonds. The van der Waals surface area contributed by atoms with Crippen LogP contribution in [-0.2, 0) is 20.7 Å². The monoisotopic (exact) mass is 402 g/mol. The van der Waals surface area contributed by atoms with Crippen molar-refractivity contribution in [2.75, 3.05) is 17.7 Å². The Morgan fingerprint density at radius 2 is 2.11 bits per heavy atom. The largest absolute Gasteiger partial charge is 0.466 e. The molecule has 0 aliphatic rings. The van der Waals surface area contributed by atoms with Crippen LogP contribution >= 0.6 is 23.1 Å². The molecule has 2 aromatic heterocycles. The van der Waals surface area contributed by atoms with Gasteiger partial charge in [-0.3, -0.25) is 9.59 Å². The van der Waals surface area contributed by atoms with Crippen molar-refractivity contribution < 1.29 is 14.3 Å². The maximum Gasteiger partial charge on any atom is 0.311 e. The Balaban J connectivity index is 1.48. The number of benzene rings is 1. The number of anilines is 1. The second-order valence-electron chi connectivity index (χ2n) is 5.43. The van der Waals surface area contributed by atoms with E-state index in [4.69, 9.17) is 4.74 Å². The van der Waals surface area contributed by atoms with E-state index >= 15 is 0 Å². The highest BCUT2D eigenvalue weighted by Crippen LogP contribution is 2.22. The molecule has 1 aromatic carbocycles. The first kappa shape index (κ1) is 19.1. The van der Waals surface area contributed by atoms with Crippen molar-refractivity contribution in [1.82, 2.24) is 15.0 Å². The molecule has 9 heteroatoms. The highest BCUT2D eigenvalue weighted by molar-refractivity contribution is 7.99. The molecular weight excluding hydrogens is 384 g/mol. The Kier molecular flexibility index (Phi) is 6.61. The molecule has 0 atom stereocenters. The van der Waals surface area contributed by atoms with Gasteiger partial charge in [0, 0.05) is 5.38 Å². The van der Waals surface area contributed by atoms with E-state index in [-0.39, 0.29) is 24.1 Å². The Morgan fingerprint density at radius 3 is 2.89 bits per heavy atom. The van der Waals surface area contributed by atoms with Crippen LogP contribution in [0.25, 0.3) is 11.3 Å². The van der Waals surface area contributed by atoms with Gasteiger partial charge < -0.3 is 15.0 Å². The van der Waals surface area contributed by atoms with Crippen LogP contribution < -0.4 is 5.32 Å². The van der Waals surface area contributed by atoms with Gasteiger partial charge in [-0.15, -0.1) is 11.3 Å². The first-order valence-electron chi connectivity index (χ1n) is 8.27. The average molecular weight is 403 g/mol. The van der Waals surface area contributed by atoms with E-state index < -0.39 is 0 Å². The number of thioether (sulfide) groups is 1. The maximum absolute atomic E-state index is 12.1. The van der Waals surface area contributed by atoms with Gasteiger partial charge in [0.05, 0.1) is 36.4 Å². The molecule has 0 aliphatic carbocycles. The predicted molar refractivity (Wildman–Crippen MR) is 106 cm³/mol. The summed E-state index contributed by atoms with van der Waals surface area (Å²) >= 11 is 2.59. The molecule has 0 spiro atoms. The number of nitrogens with zero attached hydrogens (tertiary/aromatic N) is 2. The molecule has 0 radical (unpaired) electrons. The van der Waals surface area contributed by atoms with Gasteiger partial charge in [0.15, 0.2) is 10.3 Å². The van der Waals surface area contributed by atoms with Crippen molar-refractivity contribution in [3.8, 4) is 11.3 Å². The van der Waals surface area contributed by atoms with Crippen molar-refractivity contribution in [1.29, 1.82) is 0 Å². The van der Waals surface area contributed by atoms with Gasteiger partial charge in [-0.1, -0.05) is 42.1 Å². The molecule has 3 rings (SSSR count). The molecule has 0 aliphatic heterocycles. The fourth-order valence-corrected chi connectivity index (χ4v) is 3.61. The van der Waals surface area contributed by atoms with E-state index in [1.807, 2.05) is 30.3 Å². The minimum atomic E-state index is -0.330. The third-order valence-electron chi connectivity index (χ3n) is 3.41. The van der Waals surface area contributed by atoms with Crippen molar-refractivity contribution in [3.05, 3.63) is 47.6 Å². The zero-order chi connectivity index (χ0) is 19.1. The highest BCUT2D eigenvalue weighted by atomic mass is 32.2. The van der Waals surface area contributed by atoms with Crippen LogP contribution in [0.5, 0.6) is 0 Å². The van der Waals surface area contributed by atoms with E-state index in [2.05, 4.69) is 20.3 Å². The molecular formula is C18H18N4O3S2. The molecule has 140 valence electrons. The number of aromatic nitrogens is 3. The smallest absolute Gasteiger partial charge is 0.311 e. The number of rotatable bonds is 8. The second kappa shape index (κ2) is 9.33. The van der Waals surface area contributed by atoms with Gasteiger partial charge in [0.2, 0.25) is 5.91 Å². The lowest BCUT2D eigenvalue weighted by Crippen LogP contribution is -2.14. The standard InChI is InChI=1S/C18H18N4O3S2/c1-2-25-16(24)8-13-10-26-18(20-13)22-15(23)11-27-17-19-9-14(21-17)12-6-4-3-5-7-12/h3-7,9-10H,2,8,11H2,1H3,(H,19,21)(H,20,22,23). The van der Waals surface area contributed by atoms with Gasteiger partial charge in [-0.05, 0) is 12.5 Å². The maximum atomic E-state index is 12.1. The number of aromatic amines is 1. The number of imidazole rings is 1. The quantitative estimate of drug-likeness (QED) is 0.443. The Morgan fingerprint density at radius 1 is 1.30 bits per heavy atom. The summed E-state index contributed by atoms with van der Waals surface area (Å²) < 4.78 is 4.88. The van der Waals surface area contributed by atoms with E-state index in [0.29, 0.717) is 22.6 Å². The van der Waals surface area contributed by atoms with Gasteiger partial charge in [0.1, 0.15) is 0 Å². The Bertz CT molecular complexity index is 908. The summed E-state index contributed by atoms with van der Waals surface area (Å²) in [6.45, 7) is 2.09. The molecule has 0 bridgehead atoms. The van der Waals surface area contributed by atoms with Crippen LogP contribution in [0.4, 0.5) is 5.13 Å². The number of hydrogen-bond donors (Lipinski definition) is 2. The number of amides is 1. The number of carbonyl (C=O) groups is 2. The van der Waals surface area contributed by atoms with Crippen LogP contribution in [0, 0.1) is 0 Å². The molecule has 2 heterocycles. The van der Waals surface area contributed by atoms with Crippen LogP contribution in [-0.4, -0.2) is 39.2 Å². The van der Waals surface area contributed by atoms with E-state index in [1.54, 1.807) is 18.5 Å². The van der Waals surface area contributed by atoms with Crippen molar-refractivity contribution >= 4 is 40.1 Å². The van der Waals surface area contributed by atoms with Crippen molar-refractivity contribution in [2.45, 2.75) is 18.5 Å². The summed E-state index contributed by atoms with van der Waals surface area (Å²) in [5, 5.41) is 5.60. The molecule has 27 heavy (non-hydrogen) atoms. The van der Waals surface area contributed by atoms with Crippen LogP contribution in [0.15, 0.2) is 47.1 Å². The number of H-pyrrole nitrogens is 1. The number of thiazole rings is 1. The topological polar surface area (TPSA) is 97.0 Å². The van der Waals surface area contributed by atoms with Gasteiger partial charge in [0.25, 0.3) is 0 Å². The van der Waals surface area contributed by atoms with Gasteiger partial charge >= 0.3 is 5.97 Å². The normalized spacial score (nSPS) is 10.6. The van der Waals surface area contributed by atoms with Crippen molar-refractivity contribution in [3.63, 3.8) is 0 Å². The second-order valence-corrected chi connectivity index (χ2v) is 7.25. The van der Waals surface area contributed by atoms with E-state index in [0.717, 1.165) is 11.3 Å². The fraction of sp³-hybridized carbons (Fsp3) is 0.222. The predicted octanol–water partition coefficient (Wildman–Crippen LogP) is 3.37. The minimum absolute atomic E-state index is 0.101. The zero-order valence-corrected chi connectivity index (χ0v) is 16.2. The lowest BCUT2D eigenvalue weighted by molar-refractivity contribution is -0.142. The third kappa shape index (κ3) is 5.66. The van der Waals surface area contributed by atoms with Crippen LogP contribution in [0.2, 0.25) is 0 Å². The first-order chi connectivity index (χ1) is 13.1.